The van der Waals surface area contributed by atoms with E-state index in [1.54, 1.807) is 30.3 Å². The Morgan fingerprint density at radius 2 is 1.47 bits per heavy atom. The highest BCUT2D eigenvalue weighted by Gasteiger charge is 2.11. The molecule has 0 atom stereocenters. The molecule has 0 unspecified atom stereocenters. The summed E-state index contributed by atoms with van der Waals surface area (Å²) in [5.74, 6) is 0.297. The maximum absolute atomic E-state index is 9.73. The number of benzene rings is 2. The summed E-state index contributed by atoms with van der Waals surface area (Å²) in [7, 11) is 0. The highest BCUT2D eigenvalue weighted by Crippen LogP contribution is 2.39. The Morgan fingerprint density at radius 1 is 0.800 bits per heavy atom. The fourth-order valence-electron chi connectivity index (χ4n) is 1.46. The van der Waals surface area contributed by atoms with Crippen molar-refractivity contribution in [2.45, 2.75) is 0 Å². The Bertz CT molecular complexity index is 474. The maximum atomic E-state index is 9.73. The van der Waals surface area contributed by atoms with Gasteiger partial charge in [0.15, 0.2) is 0 Å². The third-order valence-corrected chi connectivity index (χ3v) is 2.83. The van der Waals surface area contributed by atoms with Crippen LogP contribution in [0.1, 0.15) is 0 Å². The van der Waals surface area contributed by atoms with Gasteiger partial charge in [-0.3, -0.25) is 0 Å². The second-order valence-corrected chi connectivity index (χ2v) is 4.01. The van der Waals surface area contributed by atoms with Crippen LogP contribution in [0, 0.1) is 0 Å². The molecule has 2 aromatic rings. The van der Waals surface area contributed by atoms with Crippen LogP contribution in [0.2, 0.25) is 0 Å². The third kappa shape index (κ3) is 1.83. The van der Waals surface area contributed by atoms with Crippen molar-refractivity contribution in [3.05, 3.63) is 46.9 Å². The van der Waals surface area contributed by atoms with Gasteiger partial charge in [-0.25, -0.2) is 0 Å². The predicted molar refractivity (Wildman–Crippen MR) is 62.9 cm³/mol. The average Bonchev–Trinajstić information content (AvgIpc) is 2.20. The summed E-state index contributed by atoms with van der Waals surface area (Å²) in [6.07, 6.45) is 0. The van der Waals surface area contributed by atoms with E-state index in [9.17, 15) is 10.2 Å². The van der Waals surface area contributed by atoms with Crippen molar-refractivity contribution in [3.8, 4) is 22.6 Å². The zero-order chi connectivity index (χ0) is 10.8. The molecule has 0 fully saturated rings. The Hall–Kier alpha value is -1.48. The van der Waals surface area contributed by atoms with Gasteiger partial charge in [0, 0.05) is 15.6 Å². The number of halogens is 1. The van der Waals surface area contributed by atoms with E-state index in [1.807, 2.05) is 12.1 Å². The molecule has 0 saturated carbocycles. The minimum atomic E-state index is 0.144. The van der Waals surface area contributed by atoms with E-state index >= 15 is 0 Å². The van der Waals surface area contributed by atoms with Crippen molar-refractivity contribution >= 4 is 15.9 Å². The normalized spacial score (nSPS) is 10.2. The molecule has 2 rings (SSSR count). The van der Waals surface area contributed by atoms with Gasteiger partial charge in [0.2, 0.25) is 0 Å². The SMILES string of the molecule is Oc1ccccc1-c1c(O)cccc1Br. The van der Waals surface area contributed by atoms with Crippen LogP contribution in [-0.4, -0.2) is 10.2 Å². The third-order valence-electron chi connectivity index (χ3n) is 2.17. The fraction of sp³-hybridized carbons (Fsp3) is 0. The zero-order valence-electron chi connectivity index (χ0n) is 7.81. The van der Waals surface area contributed by atoms with Crippen molar-refractivity contribution in [2.75, 3.05) is 0 Å². The molecule has 2 nitrogen and oxygen atoms in total. The Morgan fingerprint density at radius 3 is 2.13 bits per heavy atom. The molecule has 15 heavy (non-hydrogen) atoms. The summed E-state index contributed by atoms with van der Waals surface area (Å²) in [5, 5.41) is 19.4. The largest absolute Gasteiger partial charge is 0.507 e. The first-order valence-electron chi connectivity index (χ1n) is 4.46. The first kappa shape index (κ1) is 10.1. The van der Waals surface area contributed by atoms with E-state index in [0.717, 1.165) is 4.47 Å². The van der Waals surface area contributed by atoms with Crippen LogP contribution >= 0.6 is 15.9 Å². The van der Waals surface area contributed by atoms with E-state index in [0.29, 0.717) is 11.1 Å². The Kier molecular flexibility index (Phi) is 2.64. The molecule has 0 amide bonds. The van der Waals surface area contributed by atoms with Crippen LogP contribution in [0.5, 0.6) is 11.5 Å². The number of hydrogen-bond donors (Lipinski definition) is 2. The first-order chi connectivity index (χ1) is 7.20. The summed E-state index contributed by atoms with van der Waals surface area (Å²) < 4.78 is 0.754. The van der Waals surface area contributed by atoms with E-state index < -0.39 is 0 Å². The van der Waals surface area contributed by atoms with Gasteiger partial charge in [-0.05, 0) is 18.2 Å². The molecule has 76 valence electrons. The van der Waals surface area contributed by atoms with Crippen molar-refractivity contribution in [3.63, 3.8) is 0 Å². The molecular weight excluding hydrogens is 256 g/mol. The van der Waals surface area contributed by atoms with Crippen LogP contribution in [0.3, 0.4) is 0 Å². The monoisotopic (exact) mass is 264 g/mol. The molecule has 0 saturated heterocycles. The first-order valence-corrected chi connectivity index (χ1v) is 5.25. The molecule has 0 spiro atoms. The summed E-state index contributed by atoms with van der Waals surface area (Å²) in [5.41, 5.74) is 1.22. The molecule has 0 aliphatic carbocycles. The molecule has 0 aromatic heterocycles. The van der Waals surface area contributed by atoms with Gasteiger partial charge in [0.25, 0.3) is 0 Å². The van der Waals surface area contributed by atoms with Crippen LogP contribution in [0.4, 0.5) is 0 Å². The molecule has 0 bridgehead atoms. The van der Waals surface area contributed by atoms with Crippen molar-refractivity contribution < 1.29 is 10.2 Å². The lowest BCUT2D eigenvalue weighted by atomic mass is 10.0. The molecule has 0 heterocycles. The Labute approximate surface area is 95.9 Å². The predicted octanol–water partition coefficient (Wildman–Crippen LogP) is 3.53. The van der Waals surface area contributed by atoms with E-state index in [4.69, 9.17) is 0 Å². The summed E-state index contributed by atoms with van der Waals surface area (Å²) >= 11 is 3.35. The van der Waals surface area contributed by atoms with Crippen LogP contribution in [0.25, 0.3) is 11.1 Å². The lowest BCUT2D eigenvalue weighted by molar-refractivity contribution is 0.469. The lowest BCUT2D eigenvalue weighted by Gasteiger charge is -2.08. The summed E-state index contributed by atoms with van der Waals surface area (Å²) in [4.78, 5) is 0. The minimum Gasteiger partial charge on any atom is -0.507 e. The van der Waals surface area contributed by atoms with Gasteiger partial charge >= 0.3 is 0 Å². The van der Waals surface area contributed by atoms with E-state index in [1.165, 1.54) is 0 Å². The number of para-hydroxylation sites is 1. The topological polar surface area (TPSA) is 40.5 Å². The van der Waals surface area contributed by atoms with E-state index in [-0.39, 0.29) is 11.5 Å². The molecule has 3 heteroatoms. The Balaban J connectivity index is 2.69. The second kappa shape index (κ2) is 3.95. The fourth-order valence-corrected chi connectivity index (χ4v) is 2.03. The van der Waals surface area contributed by atoms with Gasteiger partial charge in [-0.15, -0.1) is 0 Å². The van der Waals surface area contributed by atoms with E-state index in [2.05, 4.69) is 15.9 Å². The molecule has 0 aliphatic rings. The van der Waals surface area contributed by atoms with Gasteiger partial charge in [-0.2, -0.15) is 0 Å². The number of phenolic OH excluding ortho intramolecular Hbond substituents is 2. The van der Waals surface area contributed by atoms with Crippen LogP contribution < -0.4 is 0 Å². The minimum absolute atomic E-state index is 0.144. The highest BCUT2D eigenvalue weighted by molar-refractivity contribution is 9.10. The number of rotatable bonds is 1. The molecule has 0 aliphatic heterocycles. The molecular formula is C12H9BrO2. The second-order valence-electron chi connectivity index (χ2n) is 3.15. The van der Waals surface area contributed by atoms with Crippen molar-refractivity contribution in [1.82, 2.24) is 0 Å². The van der Waals surface area contributed by atoms with Gasteiger partial charge < -0.3 is 10.2 Å². The van der Waals surface area contributed by atoms with Gasteiger partial charge in [0.05, 0.1) is 0 Å². The molecule has 2 aromatic carbocycles. The smallest absolute Gasteiger partial charge is 0.124 e. The maximum Gasteiger partial charge on any atom is 0.124 e. The lowest BCUT2D eigenvalue weighted by Crippen LogP contribution is -1.81. The van der Waals surface area contributed by atoms with Crippen molar-refractivity contribution in [2.24, 2.45) is 0 Å². The zero-order valence-corrected chi connectivity index (χ0v) is 9.40. The van der Waals surface area contributed by atoms with Gasteiger partial charge in [0.1, 0.15) is 11.5 Å². The summed E-state index contributed by atoms with van der Waals surface area (Å²) in [6.45, 7) is 0. The quantitative estimate of drug-likeness (QED) is 0.828. The number of hydrogen-bond acceptors (Lipinski definition) is 2. The number of aromatic hydroxyl groups is 2. The summed E-state index contributed by atoms with van der Waals surface area (Å²) in [6, 6.07) is 12.1. The highest BCUT2D eigenvalue weighted by atomic mass is 79.9. The van der Waals surface area contributed by atoms with Crippen LogP contribution in [-0.2, 0) is 0 Å². The van der Waals surface area contributed by atoms with Gasteiger partial charge in [-0.1, -0.05) is 40.2 Å². The van der Waals surface area contributed by atoms with Crippen molar-refractivity contribution in [1.29, 1.82) is 0 Å². The number of phenols is 2. The standard InChI is InChI=1S/C12H9BrO2/c13-9-5-3-7-11(15)12(9)8-4-1-2-6-10(8)14/h1-7,14-15H. The van der Waals surface area contributed by atoms with Crippen LogP contribution in [0.15, 0.2) is 46.9 Å². The molecule has 0 radical (unpaired) electrons. The molecule has 2 N–H and O–H groups in total. The average molecular weight is 265 g/mol.